The van der Waals surface area contributed by atoms with Gasteiger partial charge in [-0.3, -0.25) is 0 Å². The molecule has 0 atom stereocenters. The molecule has 1 aromatic carbocycles. The lowest BCUT2D eigenvalue weighted by atomic mass is 10.2. The molecule has 0 radical (unpaired) electrons. The molecule has 5 nitrogen and oxygen atoms in total. The molecule has 2 aromatic rings. The van der Waals surface area contributed by atoms with E-state index in [1.165, 1.54) is 5.56 Å². The third-order valence-corrected chi connectivity index (χ3v) is 5.43. The van der Waals surface area contributed by atoms with Crippen LogP contribution in [0.1, 0.15) is 36.0 Å². The highest BCUT2D eigenvalue weighted by atomic mass is 32.2. The number of nitrogens with one attached hydrogen (secondary N) is 1. The highest BCUT2D eigenvalue weighted by molar-refractivity contribution is 7.89. The maximum atomic E-state index is 12.5. The number of nitrogens with zero attached hydrogens (tertiary/aromatic N) is 2. The zero-order valence-electron chi connectivity index (χ0n) is 12.5. The van der Waals surface area contributed by atoms with Gasteiger partial charge in [0.2, 0.25) is 10.0 Å². The summed E-state index contributed by atoms with van der Waals surface area (Å²) in [7, 11) is -3.55. The van der Waals surface area contributed by atoms with Crippen LogP contribution in [-0.4, -0.2) is 18.4 Å². The summed E-state index contributed by atoms with van der Waals surface area (Å²) in [5.74, 6) is 0.526. The molecule has 0 saturated carbocycles. The minimum absolute atomic E-state index is 0.119. The average Bonchev–Trinajstić information content (AvgIpc) is 3.00. The maximum Gasteiger partial charge on any atom is 0.241 e. The molecule has 0 bridgehead atoms. The van der Waals surface area contributed by atoms with Crippen LogP contribution in [0.5, 0.6) is 0 Å². The Morgan fingerprint density at radius 2 is 2.05 bits per heavy atom. The molecule has 0 saturated heterocycles. The van der Waals surface area contributed by atoms with Crippen molar-refractivity contribution in [2.45, 2.75) is 44.0 Å². The molecule has 1 aliphatic carbocycles. The summed E-state index contributed by atoms with van der Waals surface area (Å²) >= 11 is 0. The van der Waals surface area contributed by atoms with Crippen molar-refractivity contribution < 1.29 is 8.42 Å². The second-order valence-electron chi connectivity index (χ2n) is 5.40. The van der Waals surface area contributed by atoms with Crippen molar-refractivity contribution in [3.63, 3.8) is 0 Å². The van der Waals surface area contributed by atoms with Gasteiger partial charge in [0, 0.05) is 11.9 Å². The van der Waals surface area contributed by atoms with E-state index < -0.39 is 10.0 Å². The third-order valence-electron chi connectivity index (χ3n) is 3.93. The van der Waals surface area contributed by atoms with Crippen molar-refractivity contribution in [2.24, 2.45) is 0 Å². The van der Waals surface area contributed by atoms with E-state index in [4.69, 9.17) is 0 Å². The first-order chi connectivity index (χ1) is 10.6. The van der Waals surface area contributed by atoms with Gasteiger partial charge in [-0.2, -0.15) is 0 Å². The first-order valence-electron chi connectivity index (χ1n) is 7.51. The Bertz CT molecular complexity index is 788. The van der Waals surface area contributed by atoms with Gasteiger partial charge in [-0.25, -0.2) is 23.1 Å². The molecule has 3 rings (SSSR count). The van der Waals surface area contributed by atoms with Crippen LogP contribution in [0, 0.1) is 0 Å². The summed E-state index contributed by atoms with van der Waals surface area (Å²) in [6.45, 7) is 2.06. The molecule has 116 valence electrons. The van der Waals surface area contributed by atoms with Crippen molar-refractivity contribution in [1.29, 1.82) is 0 Å². The average molecular weight is 317 g/mol. The van der Waals surface area contributed by atoms with Gasteiger partial charge in [-0.05, 0) is 42.9 Å². The lowest BCUT2D eigenvalue weighted by Crippen LogP contribution is -2.25. The number of fused-ring (bicyclic) bond motifs is 1. The number of sulfonamides is 1. The molecule has 6 heteroatoms. The van der Waals surface area contributed by atoms with Crippen LogP contribution in [-0.2, 0) is 35.8 Å². The Morgan fingerprint density at radius 1 is 1.23 bits per heavy atom. The minimum atomic E-state index is -3.55. The summed E-state index contributed by atoms with van der Waals surface area (Å²) in [6.07, 6.45) is 5.57. The summed E-state index contributed by atoms with van der Waals surface area (Å²) in [6, 6.07) is 7.05. The van der Waals surface area contributed by atoms with Gasteiger partial charge in [0.25, 0.3) is 0 Å². The molecule has 1 aliphatic rings. The minimum Gasteiger partial charge on any atom is -0.240 e. The topological polar surface area (TPSA) is 72.0 Å². The number of rotatable bonds is 5. The van der Waals surface area contributed by atoms with Crippen molar-refractivity contribution in [3.05, 3.63) is 53.1 Å². The molecular weight excluding hydrogens is 298 g/mol. The molecular formula is C16H19N3O2S. The van der Waals surface area contributed by atoms with Gasteiger partial charge >= 0.3 is 0 Å². The van der Waals surface area contributed by atoms with Gasteiger partial charge in [-0.1, -0.05) is 25.1 Å². The predicted molar refractivity (Wildman–Crippen MR) is 83.9 cm³/mol. The van der Waals surface area contributed by atoms with Crippen LogP contribution >= 0.6 is 0 Å². The number of benzene rings is 1. The van der Waals surface area contributed by atoms with Crippen molar-refractivity contribution in [2.75, 3.05) is 0 Å². The Balaban J connectivity index is 1.78. The molecule has 0 aliphatic heterocycles. The number of hydrogen-bond donors (Lipinski definition) is 1. The second-order valence-corrected chi connectivity index (χ2v) is 7.13. The Kier molecular flexibility index (Phi) is 4.22. The van der Waals surface area contributed by atoms with Crippen molar-refractivity contribution >= 4 is 10.0 Å². The van der Waals surface area contributed by atoms with Gasteiger partial charge in [0.15, 0.2) is 0 Å². The molecule has 0 fully saturated rings. The van der Waals surface area contributed by atoms with E-state index in [0.717, 1.165) is 30.5 Å². The lowest BCUT2D eigenvalue weighted by Gasteiger charge is -2.10. The van der Waals surface area contributed by atoms with Crippen LogP contribution < -0.4 is 4.72 Å². The highest BCUT2D eigenvalue weighted by Crippen LogP contribution is 2.19. The molecule has 1 heterocycles. The third kappa shape index (κ3) is 3.03. The molecule has 1 aromatic heterocycles. The molecule has 1 N–H and O–H groups in total. The number of hydrogen-bond acceptors (Lipinski definition) is 4. The predicted octanol–water partition coefficient (Wildman–Crippen LogP) is 2.01. The molecule has 0 unspecified atom stereocenters. The fourth-order valence-electron chi connectivity index (χ4n) is 2.74. The summed E-state index contributed by atoms with van der Waals surface area (Å²) in [5.41, 5.74) is 3.05. The zero-order valence-corrected chi connectivity index (χ0v) is 13.4. The number of aryl methyl sites for hydroxylation is 3. The van der Waals surface area contributed by atoms with Crippen molar-refractivity contribution in [1.82, 2.24) is 14.7 Å². The normalized spacial score (nSPS) is 14.0. The Hall–Kier alpha value is -1.79. The van der Waals surface area contributed by atoms with E-state index in [9.17, 15) is 8.42 Å². The first-order valence-corrected chi connectivity index (χ1v) is 8.99. The molecule has 22 heavy (non-hydrogen) atoms. The summed E-state index contributed by atoms with van der Waals surface area (Å²) in [5, 5.41) is 0. The lowest BCUT2D eigenvalue weighted by molar-refractivity contribution is 0.578. The van der Waals surface area contributed by atoms with E-state index in [2.05, 4.69) is 14.7 Å². The summed E-state index contributed by atoms with van der Waals surface area (Å²) < 4.78 is 27.5. The fourth-order valence-corrected chi connectivity index (χ4v) is 4.03. The van der Waals surface area contributed by atoms with Gasteiger partial charge < -0.3 is 0 Å². The Labute approximate surface area is 130 Å². The van der Waals surface area contributed by atoms with Crippen LogP contribution in [0.3, 0.4) is 0 Å². The monoisotopic (exact) mass is 317 g/mol. The van der Waals surface area contributed by atoms with Gasteiger partial charge in [-0.15, -0.1) is 0 Å². The van der Waals surface area contributed by atoms with Crippen LogP contribution in [0.4, 0.5) is 0 Å². The fraction of sp³-hybridized carbons (Fsp3) is 0.375. The standard InChI is InChI=1S/C16H19N3O2S/c1-2-12-6-3-4-9-15(12)22(20,21)18-11-16-17-10-13-7-5-8-14(13)19-16/h3-4,6,9-10,18H,2,5,7-8,11H2,1H3. The smallest absolute Gasteiger partial charge is 0.240 e. The van der Waals surface area contributed by atoms with E-state index >= 15 is 0 Å². The largest absolute Gasteiger partial charge is 0.241 e. The van der Waals surface area contributed by atoms with Gasteiger partial charge in [0.05, 0.1) is 11.4 Å². The first kappa shape index (κ1) is 15.1. The SMILES string of the molecule is CCc1ccccc1S(=O)(=O)NCc1ncc2c(n1)CCC2. The van der Waals surface area contributed by atoms with E-state index in [1.807, 2.05) is 25.3 Å². The van der Waals surface area contributed by atoms with Crippen LogP contribution in [0.2, 0.25) is 0 Å². The molecule has 0 spiro atoms. The zero-order chi connectivity index (χ0) is 15.6. The quantitative estimate of drug-likeness (QED) is 0.915. The highest BCUT2D eigenvalue weighted by Gasteiger charge is 2.18. The van der Waals surface area contributed by atoms with E-state index in [1.54, 1.807) is 12.1 Å². The Morgan fingerprint density at radius 3 is 2.86 bits per heavy atom. The number of aromatic nitrogens is 2. The second kappa shape index (κ2) is 6.14. The molecule has 0 amide bonds. The van der Waals surface area contributed by atoms with Gasteiger partial charge in [0.1, 0.15) is 5.82 Å². The van der Waals surface area contributed by atoms with Crippen molar-refractivity contribution in [3.8, 4) is 0 Å². The van der Waals surface area contributed by atoms with E-state index in [-0.39, 0.29) is 6.54 Å². The van der Waals surface area contributed by atoms with Crippen LogP contribution in [0.25, 0.3) is 0 Å². The van der Waals surface area contributed by atoms with E-state index in [0.29, 0.717) is 17.1 Å². The summed E-state index contributed by atoms with van der Waals surface area (Å²) in [4.78, 5) is 9.04. The van der Waals surface area contributed by atoms with Crippen LogP contribution in [0.15, 0.2) is 35.4 Å². The maximum absolute atomic E-state index is 12.5.